The van der Waals surface area contributed by atoms with Gasteiger partial charge >= 0.3 is 5.97 Å². The van der Waals surface area contributed by atoms with Crippen LogP contribution in [-0.2, 0) is 19.4 Å². The Morgan fingerprint density at radius 1 is 1.05 bits per heavy atom. The molecule has 0 spiro atoms. The Bertz CT molecular complexity index is 1310. The Morgan fingerprint density at radius 3 is 2.30 bits per heavy atom. The van der Waals surface area contributed by atoms with E-state index in [2.05, 4.69) is 0 Å². The van der Waals surface area contributed by atoms with Crippen LogP contribution in [0, 0.1) is 11.3 Å². The summed E-state index contributed by atoms with van der Waals surface area (Å²) in [6.45, 7) is 1.70. The lowest BCUT2D eigenvalue weighted by Gasteiger charge is -2.52. The maximum Gasteiger partial charge on any atom is 0.304 e. The van der Waals surface area contributed by atoms with Crippen LogP contribution in [0.25, 0.3) is 0 Å². The average Bonchev–Trinajstić information content (AvgIpc) is 3.72. The number of sulfone groups is 1. The van der Waals surface area contributed by atoms with Crippen LogP contribution >= 0.6 is 23.2 Å². The number of rotatable bonds is 9. The molecule has 1 amide bonds. The molecule has 4 atom stereocenters. The highest BCUT2D eigenvalue weighted by molar-refractivity contribution is 7.92. The van der Waals surface area contributed by atoms with Crippen molar-refractivity contribution < 1.29 is 23.1 Å². The van der Waals surface area contributed by atoms with Gasteiger partial charge in [0.15, 0.2) is 9.84 Å². The molecule has 2 aromatic rings. The minimum atomic E-state index is -3.38. The number of hydrogen-bond acceptors (Lipinski definition) is 4. The summed E-state index contributed by atoms with van der Waals surface area (Å²) >= 11 is 12.6. The number of aliphatic carboxylic acids is 1. The first-order chi connectivity index (χ1) is 17.5. The fourth-order valence-electron chi connectivity index (χ4n) is 5.97. The molecule has 2 aliphatic carbocycles. The van der Waals surface area contributed by atoms with E-state index in [9.17, 15) is 23.1 Å². The predicted molar refractivity (Wildman–Crippen MR) is 144 cm³/mol. The molecule has 6 nitrogen and oxygen atoms in total. The van der Waals surface area contributed by atoms with E-state index in [-0.39, 0.29) is 35.2 Å². The van der Waals surface area contributed by atoms with Crippen molar-refractivity contribution in [3.05, 3.63) is 69.7 Å². The molecule has 198 valence electrons. The lowest BCUT2D eigenvalue weighted by molar-refractivity contribution is -0.160. The third-order valence-electron chi connectivity index (χ3n) is 8.09. The monoisotopic (exact) mass is 563 g/mol. The van der Waals surface area contributed by atoms with Gasteiger partial charge in [-0.15, -0.1) is 0 Å². The summed E-state index contributed by atoms with van der Waals surface area (Å²) in [5.41, 5.74) is 0.536. The van der Waals surface area contributed by atoms with Crippen LogP contribution in [0.4, 0.5) is 0 Å². The van der Waals surface area contributed by atoms with Crippen molar-refractivity contribution in [1.82, 2.24) is 4.90 Å². The summed E-state index contributed by atoms with van der Waals surface area (Å²) in [7, 11) is -3.38. The third kappa shape index (κ3) is 5.55. The molecule has 0 bridgehead atoms. The number of amides is 1. The molecule has 37 heavy (non-hydrogen) atoms. The highest BCUT2D eigenvalue weighted by Gasteiger charge is 2.55. The molecule has 2 saturated carbocycles. The summed E-state index contributed by atoms with van der Waals surface area (Å²) in [6, 6.07) is 13.7. The van der Waals surface area contributed by atoms with Crippen LogP contribution in [0.1, 0.15) is 68.5 Å². The van der Waals surface area contributed by atoms with E-state index in [0.29, 0.717) is 29.3 Å². The van der Waals surface area contributed by atoms with E-state index < -0.39 is 33.3 Å². The number of likely N-dealkylation sites (tertiary alicyclic amines) is 1. The quantitative estimate of drug-likeness (QED) is 0.410. The number of benzene rings is 2. The Balaban J connectivity index is 1.68. The fraction of sp³-hybridized carbons (Fsp3) is 0.500. The SMILES string of the molecule is C[C@@]1(CC(=O)O)C[C@H](c2cccc(Cl)c2)[C@@H](c2ccc(Cl)cc2)N([C@H](CS(=O)(=O)C2CC2)C2CC2)C1=O. The van der Waals surface area contributed by atoms with Crippen LogP contribution < -0.4 is 0 Å². The van der Waals surface area contributed by atoms with Crippen LogP contribution in [-0.4, -0.2) is 47.3 Å². The lowest BCUT2D eigenvalue weighted by atomic mass is 9.67. The van der Waals surface area contributed by atoms with Crippen molar-refractivity contribution in [2.24, 2.45) is 11.3 Å². The van der Waals surface area contributed by atoms with Gasteiger partial charge in [-0.2, -0.15) is 0 Å². The van der Waals surface area contributed by atoms with Gasteiger partial charge in [-0.05, 0) is 73.4 Å². The van der Waals surface area contributed by atoms with E-state index >= 15 is 0 Å². The molecular weight excluding hydrogens is 533 g/mol. The summed E-state index contributed by atoms with van der Waals surface area (Å²) < 4.78 is 26.5. The molecule has 0 radical (unpaired) electrons. The van der Waals surface area contributed by atoms with Crippen molar-refractivity contribution in [3.63, 3.8) is 0 Å². The number of piperidine rings is 1. The van der Waals surface area contributed by atoms with Crippen molar-refractivity contribution in [2.45, 2.75) is 68.7 Å². The molecule has 1 aliphatic heterocycles. The number of carboxylic acid groups (broad SMARTS) is 1. The highest BCUT2D eigenvalue weighted by Crippen LogP contribution is 2.54. The van der Waals surface area contributed by atoms with Crippen LogP contribution in [0.2, 0.25) is 10.0 Å². The summed E-state index contributed by atoms with van der Waals surface area (Å²) in [6.07, 6.45) is 2.99. The number of halogens is 2. The Kier molecular flexibility index (Phi) is 7.09. The largest absolute Gasteiger partial charge is 0.481 e. The molecule has 9 heteroatoms. The van der Waals surface area contributed by atoms with Crippen molar-refractivity contribution in [1.29, 1.82) is 0 Å². The number of nitrogens with zero attached hydrogens (tertiary/aromatic N) is 1. The normalized spacial score (nSPS) is 27.2. The fourth-order valence-corrected chi connectivity index (χ4v) is 8.33. The zero-order valence-corrected chi connectivity index (χ0v) is 23.0. The second-order valence-corrected chi connectivity index (χ2v) is 14.3. The van der Waals surface area contributed by atoms with Gasteiger partial charge in [-0.1, -0.05) is 54.4 Å². The van der Waals surface area contributed by atoms with Crippen LogP contribution in [0.15, 0.2) is 48.5 Å². The van der Waals surface area contributed by atoms with E-state index in [0.717, 1.165) is 24.0 Å². The molecule has 2 aromatic carbocycles. The van der Waals surface area contributed by atoms with Gasteiger partial charge in [0.1, 0.15) is 0 Å². The third-order valence-corrected chi connectivity index (χ3v) is 10.9. The van der Waals surface area contributed by atoms with Gasteiger partial charge in [-0.3, -0.25) is 9.59 Å². The van der Waals surface area contributed by atoms with Crippen LogP contribution in [0.3, 0.4) is 0 Å². The smallest absolute Gasteiger partial charge is 0.304 e. The second kappa shape index (κ2) is 9.90. The standard InChI is InChI=1S/C28H31Cl2NO5S/c1-28(15-25(32)33)14-23(19-3-2-4-21(30)13-19)26(18-7-9-20(29)10-8-18)31(27(28)34)24(17-5-6-17)16-37(35,36)22-11-12-22/h2-4,7-10,13,17,22-24,26H,5-6,11-12,14-16H2,1H3,(H,32,33)/t23-,24-,26-,28+/m1/s1. The maximum absolute atomic E-state index is 14.3. The Hall–Kier alpha value is -2.09. The Labute approximate surface area is 227 Å². The van der Waals surface area contributed by atoms with E-state index in [1.807, 2.05) is 30.3 Å². The van der Waals surface area contributed by atoms with Gasteiger partial charge in [-0.25, -0.2) is 8.42 Å². The molecule has 3 aliphatic rings. The minimum Gasteiger partial charge on any atom is -0.481 e. The average molecular weight is 565 g/mol. The topological polar surface area (TPSA) is 91.8 Å². The van der Waals surface area contributed by atoms with Crippen molar-refractivity contribution in [2.75, 3.05) is 5.75 Å². The van der Waals surface area contributed by atoms with Gasteiger partial charge in [0, 0.05) is 22.0 Å². The van der Waals surface area contributed by atoms with Gasteiger partial charge in [0.2, 0.25) is 5.91 Å². The van der Waals surface area contributed by atoms with Gasteiger partial charge < -0.3 is 10.0 Å². The second-order valence-electron chi connectivity index (χ2n) is 11.1. The predicted octanol–water partition coefficient (Wildman–Crippen LogP) is 5.89. The summed E-state index contributed by atoms with van der Waals surface area (Å²) in [5, 5.41) is 10.5. The van der Waals surface area contributed by atoms with E-state index in [1.165, 1.54) is 0 Å². The molecule has 0 unspecified atom stereocenters. The minimum absolute atomic E-state index is 0.0689. The summed E-state index contributed by atoms with van der Waals surface area (Å²) in [5.74, 6) is -1.66. The van der Waals surface area contributed by atoms with E-state index in [1.54, 1.807) is 30.0 Å². The number of carbonyl (C=O) groups is 2. The van der Waals surface area contributed by atoms with E-state index in [4.69, 9.17) is 23.2 Å². The molecular formula is C28H31Cl2NO5S. The Morgan fingerprint density at radius 2 is 1.73 bits per heavy atom. The van der Waals surface area contributed by atoms with Gasteiger partial charge in [0.25, 0.3) is 0 Å². The zero-order valence-electron chi connectivity index (χ0n) is 20.6. The molecule has 1 N–H and O–H groups in total. The van der Waals surface area contributed by atoms with Crippen LogP contribution in [0.5, 0.6) is 0 Å². The number of carboxylic acids is 1. The number of hydrogen-bond donors (Lipinski definition) is 1. The molecule has 1 saturated heterocycles. The first kappa shape index (κ1) is 26.5. The lowest BCUT2D eigenvalue weighted by Crippen LogP contribution is -2.58. The van der Waals surface area contributed by atoms with Crippen molar-refractivity contribution >= 4 is 44.9 Å². The molecule has 5 rings (SSSR count). The van der Waals surface area contributed by atoms with Gasteiger partial charge in [0.05, 0.1) is 28.9 Å². The highest BCUT2D eigenvalue weighted by atomic mass is 35.5. The molecule has 0 aromatic heterocycles. The first-order valence-corrected chi connectivity index (χ1v) is 15.2. The first-order valence-electron chi connectivity index (χ1n) is 12.8. The molecule has 3 fully saturated rings. The number of carbonyl (C=O) groups excluding carboxylic acids is 1. The maximum atomic E-state index is 14.3. The molecule has 1 heterocycles. The van der Waals surface area contributed by atoms with Crippen molar-refractivity contribution in [3.8, 4) is 0 Å². The summed E-state index contributed by atoms with van der Waals surface area (Å²) in [4.78, 5) is 28.0. The zero-order chi connectivity index (χ0) is 26.5.